The average Bonchev–Trinajstić information content (AvgIpc) is 2.78. The Kier molecular flexibility index (Phi) is 9.88. The Labute approximate surface area is 185 Å². The van der Waals surface area contributed by atoms with E-state index in [0.29, 0.717) is 13.0 Å². The average molecular weight is 426 g/mol. The first-order chi connectivity index (χ1) is 15.0. The van der Waals surface area contributed by atoms with Crippen LogP contribution in [0.4, 0.5) is 16.2 Å². The molecule has 2 rings (SSSR count). The summed E-state index contributed by atoms with van der Waals surface area (Å²) in [7, 11) is 1.78. The van der Waals surface area contributed by atoms with Crippen molar-refractivity contribution in [2.45, 2.75) is 52.4 Å². The van der Waals surface area contributed by atoms with Crippen LogP contribution in [0.2, 0.25) is 0 Å². The number of anilines is 2. The zero-order chi connectivity index (χ0) is 22.6. The van der Waals surface area contributed by atoms with E-state index in [2.05, 4.69) is 24.5 Å². The van der Waals surface area contributed by atoms with Gasteiger partial charge in [0.25, 0.3) is 0 Å². The van der Waals surface area contributed by atoms with Crippen LogP contribution in [-0.2, 0) is 11.2 Å². The van der Waals surface area contributed by atoms with Crippen LogP contribution >= 0.6 is 0 Å². The van der Waals surface area contributed by atoms with E-state index in [-0.39, 0.29) is 12.5 Å². The number of benzene rings is 2. The number of carbonyl (C=O) groups is 2. The number of hydrogen-bond acceptors (Lipinski definition) is 3. The van der Waals surface area contributed by atoms with Gasteiger partial charge >= 0.3 is 12.0 Å². The molecule has 0 spiro atoms. The number of amides is 2. The summed E-state index contributed by atoms with van der Waals surface area (Å²) in [4.78, 5) is 25.0. The van der Waals surface area contributed by atoms with E-state index in [0.717, 1.165) is 60.3 Å². The highest BCUT2D eigenvalue weighted by Gasteiger charge is 2.13. The maximum Gasteiger partial charge on any atom is 0.321 e. The Morgan fingerprint density at radius 3 is 2.52 bits per heavy atom. The Hall–Kier alpha value is -3.02. The topological polar surface area (TPSA) is 81.7 Å². The Bertz CT molecular complexity index is 867. The van der Waals surface area contributed by atoms with Crippen molar-refractivity contribution in [3.8, 4) is 11.1 Å². The molecule has 6 nitrogen and oxygen atoms in total. The Morgan fingerprint density at radius 2 is 1.81 bits per heavy atom. The molecule has 0 aliphatic rings. The minimum Gasteiger partial charge on any atom is -0.481 e. The smallest absolute Gasteiger partial charge is 0.321 e. The molecule has 0 atom stereocenters. The molecule has 0 unspecified atom stereocenters. The molecule has 0 fully saturated rings. The van der Waals surface area contributed by atoms with E-state index >= 15 is 0 Å². The molecule has 3 N–H and O–H groups in total. The number of nitrogens with one attached hydrogen (secondary N) is 2. The van der Waals surface area contributed by atoms with Gasteiger partial charge in [-0.25, -0.2) is 4.79 Å². The van der Waals surface area contributed by atoms with Crippen molar-refractivity contribution in [2.75, 3.05) is 30.4 Å². The third kappa shape index (κ3) is 7.63. The van der Waals surface area contributed by atoms with E-state index in [1.807, 2.05) is 42.5 Å². The molecule has 2 aromatic rings. The summed E-state index contributed by atoms with van der Waals surface area (Å²) in [5.74, 6) is -0.796. The highest BCUT2D eigenvalue weighted by atomic mass is 16.4. The molecule has 31 heavy (non-hydrogen) atoms. The summed E-state index contributed by atoms with van der Waals surface area (Å²) in [6, 6.07) is 13.8. The van der Waals surface area contributed by atoms with Crippen LogP contribution in [0.5, 0.6) is 0 Å². The van der Waals surface area contributed by atoms with Gasteiger partial charge < -0.3 is 15.7 Å². The zero-order valence-electron chi connectivity index (χ0n) is 18.9. The first kappa shape index (κ1) is 24.3. The lowest BCUT2D eigenvalue weighted by Crippen LogP contribution is -2.37. The summed E-state index contributed by atoms with van der Waals surface area (Å²) in [5, 5.41) is 15.4. The van der Waals surface area contributed by atoms with Gasteiger partial charge in [0, 0.05) is 43.5 Å². The summed E-state index contributed by atoms with van der Waals surface area (Å²) in [5.41, 5.74) is 4.83. The van der Waals surface area contributed by atoms with Gasteiger partial charge in [-0.3, -0.25) is 9.69 Å². The lowest BCUT2D eigenvalue weighted by molar-refractivity contribution is -0.136. The molecule has 0 aliphatic carbocycles. The van der Waals surface area contributed by atoms with E-state index < -0.39 is 5.97 Å². The summed E-state index contributed by atoms with van der Waals surface area (Å²) >= 11 is 0. The van der Waals surface area contributed by atoms with Crippen LogP contribution in [0.3, 0.4) is 0 Å². The van der Waals surface area contributed by atoms with E-state index in [4.69, 9.17) is 5.11 Å². The molecule has 0 aliphatic heterocycles. The standard InChI is InChI=1S/C25H35N3O3/c1-4-6-7-16-27-25(31)28(3)21-10-8-9-20(18-21)22-13-11-19(12-14-24(29)30)17-23(22)26-15-5-2/h8-11,13,17-18,26H,4-7,12,14-16H2,1-3H3,(H,27,31)(H,29,30). The third-order valence-corrected chi connectivity index (χ3v) is 5.18. The van der Waals surface area contributed by atoms with E-state index in [9.17, 15) is 9.59 Å². The van der Waals surface area contributed by atoms with Crippen molar-refractivity contribution in [1.29, 1.82) is 0 Å². The van der Waals surface area contributed by atoms with Crippen molar-refractivity contribution in [3.05, 3.63) is 48.0 Å². The normalized spacial score (nSPS) is 10.5. The minimum absolute atomic E-state index is 0.110. The molecule has 0 bridgehead atoms. The van der Waals surface area contributed by atoms with E-state index in [1.165, 1.54) is 0 Å². The highest BCUT2D eigenvalue weighted by molar-refractivity contribution is 5.92. The number of carbonyl (C=O) groups excluding carboxylic acids is 1. The molecule has 0 saturated heterocycles. The fourth-order valence-corrected chi connectivity index (χ4v) is 3.34. The summed E-state index contributed by atoms with van der Waals surface area (Å²) in [6.07, 6.45) is 4.81. The second-order valence-electron chi connectivity index (χ2n) is 7.75. The highest BCUT2D eigenvalue weighted by Crippen LogP contribution is 2.32. The predicted octanol–water partition coefficient (Wildman–Crippen LogP) is 5.53. The van der Waals surface area contributed by atoms with Gasteiger partial charge in [-0.15, -0.1) is 0 Å². The Morgan fingerprint density at radius 1 is 1.00 bits per heavy atom. The molecule has 0 radical (unpaired) electrons. The Balaban J connectivity index is 2.23. The van der Waals surface area contributed by atoms with Crippen molar-refractivity contribution in [3.63, 3.8) is 0 Å². The van der Waals surface area contributed by atoms with Crippen molar-refractivity contribution in [1.82, 2.24) is 5.32 Å². The van der Waals surface area contributed by atoms with Gasteiger partial charge in [0.15, 0.2) is 0 Å². The zero-order valence-corrected chi connectivity index (χ0v) is 18.9. The SMILES string of the molecule is CCCCCNC(=O)N(C)c1cccc(-c2ccc(CCC(=O)O)cc2NCCC)c1. The van der Waals surface area contributed by atoms with Crippen molar-refractivity contribution < 1.29 is 14.7 Å². The molecule has 2 aromatic carbocycles. The summed E-state index contributed by atoms with van der Waals surface area (Å²) < 4.78 is 0. The van der Waals surface area contributed by atoms with Gasteiger partial charge in [-0.1, -0.05) is 51.0 Å². The predicted molar refractivity (Wildman–Crippen MR) is 128 cm³/mol. The first-order valence-corrected chi connectivity index (χ1v) is 11.2. The van der Waals surface area contributed by atoms with Gasteiger partial charge in [-0.2, -0.15) is 0 Å². The van der Waals surface area contributed by atoms with Gasteiger partial charge in [0.1, 0.15) is 0 Å². The van der Waals surface area contributed by atoms with Crippen LogP contribution in [0.15, 0.2) is 42.5 Å². The second kappa shape index (κ2) is 12.6. The fourth-order valence-electron chi connectivity index (χ4n) is 3.34. The molecular weight excluding hydrogens is 390 g/mol. The van der Waals surface area contributed by atoms with E-state index in [1.54, 1.807) is 11.9 Å². The molecule has 2 amide bonds. The number of hydrogen-bond donors (Lipinski definition) is 3. The number of urea groups is 1. The largest absolute Gasteiger partial charge is 0.481 e. The number of aliphatic carboxylic acids is 1. The number of carboxylic acid groups (broad SMARTS) is 1. The van der Waals surface area contributed by atoms with Crippen LogP contribution in [0.1, 0.15) is 51.5 Å². The minimum atomic E-state index is -0.796. The summed E-state index contributed by atoms with van der Waals surface area (Å²) in [6.45, 7) is 5.76. The molecule has 168 valence electrons. The van der Waals surface area contributed by atoms with Gasteiger partial charge in [0.2, 0.25) is 0 Å². The van der Waals surface area contributed by atoms with Crippen molar-refractivity contribution in [2.24, 2.45) is 0 Å². The molecule has 0 heterocycles. The van der Waals surface area contributed by atoms with Crippen LogP contribution < -0.4 is 15.5 Å². The second-order valence-corrected chi connectivity index (χ2v) is 7.75. The fraction of sp³-hybridized carbons (Fsp3) is 0.440. The molecular formula is C25H35N3O3. The molecule has 0 aromatic heterocycles. The lowest BCUT2D eigenvalue weighted by Gasteiger charge is -2.20. The third-order valence-electron chi connectivity index (χ3n) is 5.18. The van der Waals surface area contributed by atoms with Crippen LogP contribution in [0, 0.1) is 0 Å². The van der Waals surface area contributed by atoms with Crippen LogP contribution in [-0.4, -0.2) is 37.2 Å². The molecule has 6 heteroatoms. The first-order valence-electron chi connectivity index (χ1n) is 11.2. The number of nitrogens with zero attached hydrogens (tertiary/aromatic N) is 1. The monoisotopic (exact) mass is 425 g/mol. The maximum atomic E-state index is 12.5. The lowest BCUT2D eigenvalue weighted by atomic mass is 9.99. The quantitative estimate of drug-likeness (QED) is 0.391. The number of unbranched alkanes of at least 4 members (excludes halogenated alkanes) is 2. The maximum absolute atomic E-state index is 12.5. The van der Waals surface area contributed by atoms with Gasteiger partial charge in [-0.05, 0) is 48.6 Å². The van der Waals surface area contributed by atoms with Crippen LogP contribution in [0.25, 0.3) is 11.1 Å². The number of aryl methyl sites for hydroxylation is 1. The van der Waals surface area contributed by atoms with Gasteiger partial charge in [0.05, 0.1) is 0 Å². The molecule has 0 saturated carbocycles. The number of carboxylic acids is 1. The number of rotatable bonds is 12. The van der Waals surface area contributed by atoms with Crippen molar-refractivity contribution >= 4 is 23.4 Å².